The molecule has 0 spiro atoms. The van der Waals surface area contributed by atoms with Crippen molar-refractivity contribution >= 4 is 46.6 Å². The zero-order valence-corrected chi connectivity index (χ0v) is 19.5. The second-order valence-corrected chi connectivity index (χ2v) is 7.90. The quantitative estimate of drug-likeness (QED) is 0.164. The van der Waals surface area contributed by atoms with Gasteiger partial charge in [0.1, 0.15) is 6.54 Å². The number of carbonyl (C=O) groups is 4. The highest BCUT2D eigenvalue weighted by Gasteiger charge is 2.36. The van der Waals surface area contributed by atoms with Crippen molar-refractivity contribution in [2.75, 3.05) is 19.8 Å². The summed E-state index contributed by atoms with van der Waals surface area (Å²) in [4.78, 5) is 60.0. The molecule has 0 unspecified atom stereocenters. The predicted molar refractivity (Wildman–Crippen MR) is 125 cm³/mol. The van der Waals surface area contributed by atoms with Gasteiger partial charge >= 0.3 is 11.9 Å². The van der Waals surface area contributed by atoms with Gasteiger partial charge in [0.2, 0.25) is 0 Å². The van der Waals surface area contributed by atoms with E-state index in [1.807, 2.05) is 0 Å². The molecule has 1 saturated heterocycles. The second-order valence-electron chi connectivity index (χ2n) is 6.91. The topological polar surface area (TPSA) is 142 Å². The standard InChI is InChI=1S/C23H20N2O9S/c1-3-32-18-11-14(12-19-21(27)24(23(29)35-19)13-20(26)33-4-2)5-10-17(18)34-22(28)15-6-8-16(9-7-15)25(30)31/h5-12H,3-4,13H2,1-2H3/b19-12-. The maximum absolute atomic E-state index is 12.6. The predicted octanol–water partition coefficient (Wildman–Crippen LogP) is 3.81. The number of non-ortho nitro benzene ring substituents is 1. The summed E-state index contributed by atoms with van der Waals surface area (Å²) in [5.74, 6) is -1.74. The molecule has 1 aliphatic rings. The van der Waals surface area contributed by atoms with Crippen LogP contribution in [0.3, 0.4) is 0 Å². The van der Waals surface area contributed by atoms with E-state index < -0.39 is 34.6 Å². The Bertz CT molecular complexity index is 1210. The molecule has 2 aromatic carbocycles. The lowest BCUT2D eigenvalue weighted by Gasteiger charge is -2.12. The van der Waals surface area contributed by atoms with Crippen LogP contribution in [0.1, 0.15) is 29.8 Å². The summed E-state index contributed by atoms with van der Waals surface area (Å²) >= 11 is 0.688. The number of rotatable bonds is 9. The highest BCUT2D eigenvalue weighted by Crippen LogP contribution is 2.35. The van der Waals surface area contributed by atoms with Gasteiger partial charge in [-0.3, -0.25) is 29.4 Å². The monoisotopic (exact) mass is 500 g/mol. The van der Waals surface area contributed by atoms with Crippen molar-refractivity contribution in [2.24, 2.45) is 0 Å². The first-order chi connectivity index (χ1) is 16.7. The number of carbonyl (C=O) groups excluding carboxylic acids is 4. The van der Waals surface area contributed by atoms with E-state index in [9.17, 15) is 29.3 Å². The van der Waals surface area contributed by atoms with Gasteiger partial charge in [0.05, 0.1) is 28.6 Å². The van der Waals surface area contributed by atoms with Crippen molar-refractivity contribution in [3.05, 3.63) is 68.6 Å². The lowest BCUT2D eigenvalue weighted by atomic mass is 10.1. The molecule has 0 aliphatic carbocycles. The van der Waals surface area contributed by atoms with Crippen LogP contribution in [-0.4, -0.2) is 52.7 Å². The van der Waals surface area contributed by atoms with Crippen LogP contribution in [0.15, 0.2) is 47.4 Å². The molecule has 1 heterocycles. The number of nitro groups is 1. The Kier molecular flexibility index (Phi) is 8.21. The van der Waals surface area contributed by atoms with Gasteiger partial charge in [0, 0.05) is 12.1 Å². The Hall–Kier alpha value is -4.19. The lowest BCUT2D eigenvalue weighted by Crippen LogP contribution is -2.34. The minimum absolute atomic E-state index is 0.0998. The van der Waals surface area contributed by atoms with Gasteiger partial charge < -0.3 is 14.2 Å². The number of amides is 2. The van der Waals surface area contributed by atoms with Gasteiger partial charge in [-0.1, -0.05) is 6.07 Å². The summed E-state index contributed by atoms with van der Waals surface area (Å²) in [6.07, 6.45) is 1.46. The van der Waals surface area contributed by atoms with Gasteiger partial charge in [-0.2, -0.15) is 0 Å². The molecule has 0 N–H and O–H groups in total. The molecule has 2 amide bonds. The molecule has 1 aliphatic heterocycles. The largest absolute Gasteiger partial charge is 0.490 e. The molecule has 182 valence electrons. The Morgan fingerprint density at radius 1 is 1.06 bits per heavy atom. The average Bonchev–Trinajstić information content (AvgIpc) is 3.08. The fraction of sp³-hybridized carbons (Fsp3) is 0.217. The summed E-state index contributed by atoms with van der Waals surface area (Å²) in [6.45, 7) is 3.26. The van der Waals surface area contributed by atoms with Crippen LogP contribution in [0.25, 0.3) is 6.08 Å². The zero-order chi connectivity index (χ0) is 25.5. The molecular formula is C23H20N2O9S. The highest BCUT2D eigenvalue weighted by atomic mass is 32.2. The SMILES string of the molecule is CCOC(=O)CN1C(=O)S/C(=C\c2ccc(OC(=O)c3ccc([N+](=O)[O-])cc3)c(OCC)c2)C1=O. The Morgan fingerprint density at radius 2 is 1.77 bits per heavy atom. The van der Waals surface area contributed by atoms with Crippen LogP contribution < -0.4 is 9.47 Å². The molecule has 11 nitrogen and oxygen atoms in total. The molecule has 35 heavy (non-hydrogen) atoms. The first-order valence-electron chi connectivity index (χ1n) is 10.4. The maximum atomic E-state index is 12.6. The Morgan fingerprint density at radius 3 is 2.40 bits per heavy atom. The minimum Gasteiger partial charge on any atom is -0.490 e. The fourth-order valence-corrected chi connectivity index (χ4v) is 3.81. The second kappa shape index (κ2) is 11.3. The summed E-state index contributed by atoms with van der Waals surface area (Å²) < 4.78 is 15.7. The number of ether oxygens (including phenoxy) is 3. The van der Waals surface area contributed by atoms with E-state index in [1.165, 1.54) is 42.5 Å². The van der Waals surface area contributed by atoms with Crippen LogP contribution in [0.5, 0.6) is 11.5 Å². The van der Waals surface area contributed by atoms with E-state index in [2.05, 4.69) is 0 Å². The van der Waals surface area contributed by atoms with Gasteiger partial charge in [-0.25, -0.2) is 4.79 Å². The van der Waals surface area contributed by atoms with Crippen molar-refractivity contribution in [1.29, 1.82) is 0 Å². The summed E-state index contributed by atoms with van der Waals surface area (Å²) in [5.41, 5.74) is 0.440. The molecule has 3 rings (SSSR count). The first kappa shape index (κ1) is 25.4. The number of imide groups is 1. The first-order valence-corrected chi connectivity index (χ1v) is 11.2. The molecule has 0 atom stereocenters. The van der Waals surface area contributed by atoms with Gasteiger partial charge in [0.25, 0.3) is 16.8 Å². The number of hydrogen-bond acceptors (Lipinski definition) is 10. The van der Waals surface area contributed by atoms with E-state index in [0.29, 0.717) is 17.3 Å². The van der Waals surface area contributed by atoms with Gasteiger partial charge in [-0.05, 0) is 61.5 Å². The molecule has 0 bridgehead atoms. The third kappa shape index (κ3) is 6.23. The van der Waals surface area contributed by atoms with Crippen LogP contribution in [0.4, 0.5) is 10.5 Å². The lowest BCUT2D eigenvalue weighted by molar-refractivity contribution is -0.384. The molecule has 0 radical (unpaired) electrons. The van der Waals surface area contributed by atoms with E-state index in [1.54, 1.807) is 19.9 Å². The fourth-order valence-electron chi connectivity index (χ4n) is 2.97. The Balaban J connectivity index is 1.79. The van der Waals surface area contributed by atoms with Gasteiger partial charge in [0.15, 0.2) is 11.5 Å². The summed E-state index contributed by atoms with van der Waals surface area (Å²) in [5, 5.41) is 10.2. The maximum Gasteiger partial charge on any atom is 0.343 e. The number of benzene rings is 2. The molecule has 0 aromatic heterocycles. The molecular weight excluding hydrogens is 480 g/mol. The van der Waals surface area contributed by atoms with E-state index in [-0.39, 0.29) is 40.9 Å². The minimum atomic E-state index is -0.742. The summed E-state index contributed by atoms with van der Waals surface area (Å²) in [6, 6.07) is 9.49. The Labute approximate surface area is 203 Å². The number of hydrogen-bond donors (Lipinski definition) is 0. The van der Waals surface area contributed by atoms with Crippen LogP contribution >= 0.6 is 11.8 Å². The number of esters is 2. The average molecular weight is 500 g/mol. The third-order valence-electron chi connectivity index (χ3n) is 4.55. The van der Waals surface area contributed by atoms with Crippen molar-refractivity contribution in [1.82, 2.24) is 4.90 Å². The number of nitro benzene ring substituents is 1. The van der Waals surface area contributed by atoms with E-state index in [4.69, 9.17) is 14.2 Å². The zero-order valence-electron chi connectivity index (χ0n) is 18.7. The van der Waals surface area contributed by atoms with Gasteiger partial charge in [-0.15, -0.1) is 0 Å². The molecule has 12 heteroatoms. The van der Waals surface area contributed by atoms with E-state index in [0.717, 1.165) is 4.90 Å². The van der Waals surface area contributed by atoms with E-state index >= 15 is 0 Å². The highest BCUT2D eigenvalue weighted by molar-refractivity contribution is 8.18. The smallest absolute Gasteiger partial charge is 0.343 e. The van der Waals surface area contributed by atoms with Crippen molar-refractivity contribution in [3.8, 4) is 11.5 Å². The molecule has 1 fully saturated rings. The van der Waals surface area contributed by atoms with Crippen LogP contribution in [-0.2, 0) is 14.3 Å². The van der Waals surface area contributed by atoms with Crippen LogP contribution in [0, 0.1) is 10.1 Å². The summed E-state index contributed by atoms with van der Waals surface area (Å²) in [7, 11) is 0. The number of nitrogens with zero attached hydrogens (tertiary/aromatic N) is 2. The third-order valence-corrected chi connectivity index (χ3v) is 5.46. The van der Waals surface area contributed by atoms with Crippen molar-refractivity contribution in [2.45, 2.75) is 13.8 Å². The molecule has 0 saturated carbocycles. The van der Waals surface area contributed by atoms with Crippen molar-refractivity contribution in [3.63, 3.8) is 0 Å². The van der Waals surface area contributed by atoms with Crippen molar-refractivity contribution < 1.29 is 38.3 Å². The molecule has 2 aromatic rings. The number of thioether (sulfide) groups is 1. The van der Waals surface area contributed by atoms with Crippen LogP contribution in [0.2, 0.25) is 0 Å². The normalized spacial score (nSPS) is 14.2.